The summed E-state index contributed by atoms with van der Waals surface area (Å²) >= 11 is 0. The van der Waals surface area contributed by atoms with Gasteiger partial charge in [-0.25, -0.2) is 9.97 Å². The van der Waals surface area contributed by atoms with Crippen LogP contribution in [0.2, 0.25) is 0 Å². The number of rotatable bonds is 4. The molecule has 0 amide bonds. The third-order valence-electron chi connectivity index (χ3n) is 4.43. The van der Waals surface area contributed by atoms with E-state index >= 15 is 0 Å². The molecule has 8 heteroatoms. The number of likely N-dealkylation sites (tertiary alicyclic amines) is 1. The van der Waals surface area contributed by atoms with Gasteiger partial charge >= 0.3 is 6.18 Å². The van der Waals surface area contributed by atoms with E-state index in [0.717, 1.165) is 24.7 Å². The molecule has 2 saturated heterocycles. The van der Waals surface area contributed by atoms with E-state index < -0.39 is 12.7 Å². The molecule has 3 heterocycles. The summed E-state index contributed by atoms with van der Waals surface area (Å²) < 4.78 is 37.2. The first-order valence-corrected chi connectivity index (χ1v) is 8.12. The molecule has 0 atom stereocenters. The number of aromatic nitrogens is 2. The molecule has 0 radical (unpaired) electrons. The van der Waals surface area contributed by atoms with Gasteiger partial charge in [-0.3, -0.25) is 4.90 Å². The Morgan fingerprint density at radius 2 is 1.78 bits per heavy atom. The first kappa shape index (κ1) is 16.3. The predicted octanol–water partition coefficient (Wildman–Crippen LogP) is 2.52. The highest BCUT2D eigenvalue weighted by molar-refractivity contribution is 5.49. The summed E-state index contributed by atoms with van der Waals surface area (Å²) in [7, 11) is 0. The molecule has 0 spiro atoms. The van der Waals surface area contributed by atoms with Gasteiger partial charge < -0.3 is 10.2 Å². The molecule has 0 unspecified atom stereocenters. The first-order valence-electron chi connectivity index (χ1n) is 8.12. The zero-order valence-corrected chi connectivity index (χ0v) is 13.0. The SMILES string of the molecule is FC(F)(F)CN1CCC(Nc2cc(N3CCCC3)ncn2)CC1. The van der Waals surface area contributed by atoms with Crippen molar-refractivity contribution in [3.8, 4) is 0 Å². The van der Waals surface area contributed by atoms with Crippen molar-refractivity contribution in [3.05, 3.63) is 12.4 Å². The van der Waals surface area contributed by atoms with E-state index in [1.54, 1.807) is 6.33 Å². The van der Waals surface area contributed by atoms with Crippen LogP contribution in [0.5, 0.6) is 0 Å². The van der Waals surface area contributed by atoms with E-state index in [1.165, 1.54) is 17.7 Å². The fourth-order valence-corrected chi connectivity index (χ4v) is 3.24. The molecule has 2 aliphatic heterocycles. The number of hydrogen-bond donors (Lipinski definition) is 1. The zero-order chi connectivity index (χ0) is 16.3. The van der Waals surface area contributed by atoms with E-state index in [-0.39, 0.29) is 6.04 Å². The van der Waals surface area contributed by atoms with Crippen LogP contribution in [0.15, 0.2) is 12.4 Å². The van der Waals surface area contributed by atoms with E-state index in [9.17, 15) is 13.2 Å². The lowest BCUT2D eigenvalue weighted by atomic mass is 10.1. The third-order valence-corrected chi connectivity index (χ3v) is 4.43. The Morgan fingerprint density at radius 1 is 1.09 bits per heavy atom. The Hall–Kier alpha value is -1.57. The van der Waals surface area contributed by atoms with Crippen molar-refractivity contribution in [1.82, 2.24) is 14.9 Å². The van der Waals surface area contributed by atoms with E-state index in [4.69, 9.17) is 0 Å². The Kier molecular flexibility index (Phi) is 4.89. The number of hydrogen-bond acceptors (Lipinski definition) is 5. The van der Waals surface area contributed by atoms with Crippen molar-refractivity contribution in [2.45, 2.75) is 37.9 Å². The normalized spacial score (nSPS) is 20.9. The lowest BCUT2D eigenvalue weighted by Gasteiger charge is -2.33. The molecule has 0 bridgehead atoms. The van der Waals surface area contributed by atoms with E-state index in [2.05, 4.69) is 20.2 Å². The quantitative estimate of drug-likeness (QED) is 0.919. The number of nitrogens with one attached hydrogen (secondary N) is 1. The molecule has 0 aromatic carbocycles. The van der Waals surface area contributed by atoms with Crippen LogP contribution < -0.4 is 10.2 Å². The molecule has 2 fully saturated rings. The van der Waals surface area contributed by atoms with Crippen LogP contribution in [0.1, 0.15) is 25.7 Å². The van der Waals surface area contributed by atoms with Crippen LogP contribution in [0.4, 0.5) is 24.8 Å². The molecule has 5 nitrogen and oxygen atoms in total. The first-order chi connectivity index (χ1) is 11.0. The Labute approximate surface area is 133 Å². The molecule has 0 saturated carbocycles. The van der Waals surface area contributed by atoms with Crippen molar-refractivity contribution in [2.24, 2.45) is 0 Å². The second-order valence-corrected chi connectivity index (χ2v) is 6.27. The van der Waals surface area contributed by atoms with Crippen molar-refractivity contribution >= 4 is 11.6 Å². The van der Waals surface area contributed by atoms with Crippen LogP contribution in [-0.4, -0.2) is 59.8 Å². The summed E-state index contributed by atoms with van der Waals surface area (Å²) in [5.74, 6) is 1.69. The van der Waals surface area contributed by atoms with Gasteiger partial charge in [0.25, 0.3) is 0 Å². The lowest BCUT2D eigenvalue weighted by molar-refractivity contribution is -0.147. The Bertz CT molecular complexity index is 508. The largest absolute Gasteiger partial charge is 0.401 e. The van der Waals surface area contributed by atoms with Crippen LogP contribution in [-0.2, 0) is 0 Å². The Morgan fingerprint density at radius 3 is 2.43 bits per heavy atom. The summed E-state index contributed by atoms with van der Waals surface area (Å²) in [4.78, 5) is 12.3. The smallest absolute Gasteiger partial charge is 0.367 e. The molecule has 0 aliphatic carbocycles. The summed E-state index contributed by atoms with van der Waals surface area (Å²) in [6.45, 7) is 2.15. The fraction of sp³-hybridized carbons (Fsp3) is 0.733. The van der Waals surface area contributed by atoms with Gasteiger partial charge in [0.15, 0.2) is 0 Å². The molecular formula is C15H22F3N5. The summed E-state index contributed by atoms with van der Waals surface area (Å²) in [6.07, 6.45) is 1.19. The lowest BCUT2D eigenvalue weighted by Crippen LogP contribution is -2.43. The summed E-state index contributed by atoms with van der Waals surface area (Å²) in [5.41, 5.74) is 0. The van der Waals surface area contributed by atoms with Crippen LogP contribution in [0.25, 0.3) is 0 Å². The van der Waals surface area contributed by atoms with Crippen molar-refractivity contribution in [3.63, 3.8) is 0 Å². The van der Waals surface area contributed by atoms with Crippen molar-refractivity contribution in [1.29, 1.82) is 0 Å². The van der Waals surface area contributed by atoms with Gasteiger partial charge in [-0.1, -0.05) is 0 Å². The molecule has 2 aliphatic rings. The second-order valence-electron chi connectivity index (χ2n) is 6.27. The molecule has 1 aromatic heterocycles. The molecule has 23 heavy (non-hydrogen) atoms. The molecule has 128 valence electrons. The number of anilines is 2. The highest BCUT2D eigenvalue weighted by Gasteiger charge is 2.32. The minimum atomic E-state index is -4.11. The summed E-state index contributed by atoms with van der Waals surface area (Å²) in [5, 5.41) is 3.34. The number of halogens is 3. The maximum absolute atomic E-state index is 12.4. The van der Waals surface area contributed by atoms with E-state index in [0.29, 0.717) is 25.9 Å². The van der Waals surface area contributed by atoms with Crippen LogP contribution >= 0.6 is 0 Å². The molecular weight excluding hydrogens is 307 g/mol. The van der Waals surface area contributed by atoms with Gasteiger partial charge in [-0.05, 0) is 25.7 Å². The number of nitrogens with zero attached hydrogens (tertiary/aromatic N) is 4. The van der Waals surface area contributed by atoms with Gasteiger partial charge in [-0.15, -0.1) is 0 Å². The van der Waals surface area contributed by atoms with E-state index in [1.807, 2.05) is 6.07 Å². The van der Waals surface area contributed by atoms with Crippen molar-refractivity contribution in [2.75, 3.05) is 42.9 Å². The minimum Gasteiger partial charge on any atom is -0.367 e. The number of piperidine rings is 1. The highest BCUT2D eigenvalue weighted by atomic mass is 19.4. The number of alkyl halides is 3. The molecule has 3 rings (SSSR count). The van der Waals surface area contributed by atoms with Crippen molar-refractivity contribution < 1.29 is 13.2 Å². The average molecular weight is 329 g/mol. The highest BCUT2D eigenvalue weighted by Crippen LogP contribution is 2.23. The molecule has 1 N–H and O–H groups in total. The third kappa shape index (κ3) is 4.70. The fourth-order valence-electron chi connectivity index (χ4n) is 3.24. The standard InChI is InChI=1S/C15H22F3N5/c16-15(17,18)10-22-7-3-12(4-8-22)21-13-9-14(20-11-19-13)23-5-1-2-6-23/h9,11-12H,1-8,10H2,(H,19,20,21). The maximum atomic E-state index is 12.4. The maximum Gasteiger partial charge on any atom is 0.401 e. The second kappa shape index (κ2) is 6.90. The topological polar surface area (TPSA) is 44.3 Å². The van der Waals surface area contributed by atoms with Gasteiger partial charge in [0.1, 0.15) is 18.0 Å². The van der Waals surface area contributed by atoms with Gasteiger partial charge in [0.2, 0.25) is 0 Å². The predicted molar refractivity (Wildman–Crippen MR) is 82.6 cm³/mol. The van der Waals surface area contributed by atoms with Gasteiger partial charge in [-0.2, -0.15) is 13.2 Å². The monoisotopic (exact) mass is 329 g/mol. The van der Waals surface area contributed by atoms with Gasteiger partial charge in [0, 0.05) is 38.3 Å². The molecule has 1 aromatic rings. The average Bonchev–Trinajstić information content (AvgIpc) is 3.02. The Balaban J connectivity index is 1.51. The van der Waals surface area contributed by atoms with Gasteiger partial charge in [0.05, 0.1) is 6.54 Å². The van der Waals surface area contributed by atoms with Crippen LogP contribution in [0, 0.1) is 0 Å². The minimum absolute atomic E-state index is 0.167. The zero-order valence-electron chi connectivity index (χ0n) is 13.0. The summed E-state index contributed by atoms with van der Waals surface area (Å²) in [6, 6.07) is 2.11. The van der Waals surface area contributed by atoms with Crippen LogP contribution in [0.3, 0.4) is 0 Å².